The van der Waals surface area contributed by atoms with E-state index in [1.807, 2.05) is 19.1 Å². The minimum Gasteiger partial charge on any atom is -0.498 e. The van der Waals surface area contributed by atoms with Crippen molar-refractivity contribution in [2.45, 2.75) is 19.8 Å². The molecule has 0 radical (unpaired) electrons. The Morgan fingerprint density at radius 2 is 2.46 bits per heavy atom. The summed E-state index contributed by atoms with van der Waals surface area (Å²) in [6.07, 6.45) is 12.0. The zero-order chi connectivity index (χ0) is 9.52. The second kappa shape index (κ2) is 5.41. The van der Waals surface area contributed by atoms with Crippen LogP contribution in [0.1, 0.15) is 19.8 Å². The van der Waals surface area contributed by atoms with Crippen LogP contribution in [0.4, 0.5) is 0 Å². The monoisotopic (exact) mass is 176 g/mol. The molecule has 1 heteroatoms. The van der Waals surface area contributed by atoms with Gasteiger partial charge in [0.1, 0.15) is 5.76 Å². The van der Waals surface area contributed by atoms with Crippen LogP contribution in [-0.2, 0) is 4.74 Å². The molecule has 0 aromatic carbocycles. The van der Waals surface area contributed by atoms with Gasteiger partial charge in [-0.2, -0.15) is 0 Å². The lowest BCUT2D eigenvalue weighted by molar-refractivity contribution is 0.221. The van der Waals surface area contributed by atoms with Crippen molar-refractivity contribution in [1.29, 1.82) is 0 Å². The average Bonchev–Trinajstić information content (AvgIpc) is 2.19. The van der Waals surface area contributed by atoms with Crippen LogP contribution >= 0.6 is 0 Å². The topological polar surface area (TPSA) is 9.23 Å². The molecule has 70 valence electrons. The first kappa shape index (κ1) is 9.85. The van der Waals surface area contributed by atoms with Gasteiger partial charge < -0.3 is 4.74 Å². The fourth-order valence-corrected chi connectivity index (χ4v) is 1.31. The van der Waals surface area contributed by atoms with Gasteiger partial charge in [-0.05, 0) is 18.9 Å². The summed E-state index contributed by atoms with van der Waals surface area (Å²) in [7, 11) is 0. The summed E-state index contributed by atoms with van der Waals surface area (Å²) < 4.78 is 5.55. The quantitative estimate of drug-likeness (QED) is 0.471. The molecule has 0 aromatic rings. The zero-order valence-electron chi connectivity index (χ0n) is 8.12. The molecule has 0 saturated carbocycles. The maximum absolute atomic E-state index is 5.55. The minimum atomic E-state index is 0.726. The fraction of sp³-hybridized carbons (Fsp3) is 0.333. The molecule has 0 amide bonds. The summed E-state index contributed by atoms with van der Waals surface area (Å²) in [5.74, 6) is 1.05. The number of ether oxygens (including phenoxy) is 1. The molecule has 1 rings (SSSR count). The standard InChI is InChI=1S/C12H16O/c1-3-8-12(13-4-2)11-9-6-5-7-10-11/h3,5-7,9H,1,4,8,10H2,2H3. The summed E-state index contributed by atoms with van der Waals surface area (Å²) in [5, 5.41) is 0. The highest BCUT2D eigenvalue weighted by atomic mass is 16.5. The Labute approximate surface area is 80.1 Å². The van der Waals surface area contributed by atoms with Gasteiger partial charge in [-0.3, -0.25) is 0 Å². The lowest BCUT2D eigenvalue weighted by Crippen LogP contribution is -1.96. The van der Waals surface area contributed by atoms with Gasteiger partial charge in [0.25, 0.3) is 0 Å². The van der Waals surface area contributed by atoms with Crippen LogP contribution in [-0.4, -0.2) is 6.61 Å². The van der Waals surface area contributed by atoms with E-state index >= 15 is 0 Å². The third kappa shape index (κ3) is 2.94. The molecule has 0 spiro atoms. The van der Waals surface area contributed by atoms with E-state index in [0.717, 1.165) is 25.2 Å². The molecular formula is C12H16O. The molecule has 0 N–H and O–H groups in total. The van der Waals surface area contributed by atoms with Crippen LogP contribution in [0.25, 0.3) is 0 Å². The van der Waals surface area contributed by atoms with E-state index in [4.69, 9.17) is 4.74 Å². The Morgan fingerprint density at radius 1 is 1.62 bits per heavy atom. The van der Waals surface area contributed by atoms with E-state index in [0.29, 0.717) is 0 Å². The van der Waals surface area contributed by atoms with Crippen LogP contribution in [0, 0.1) is 0 Å². The van der Waals surface area contributed by atoms with Gasteiger partial charge in [-0.1, -0.05) is 30.4 Å². The molecule has 0 heterocycles. The van der Waals surface area contributed by atoms with Crippen molar-refractivity contribution in [1.82, 2.24) is 0 Å². The largest absolute Gasteiger partial charge is 0.498 e. The van der Waals surface area contributed by atoms with Gasteiger partial charge >= 0.3 is 0 Å². The molecule has 13 heavy (non-hydrogen) atoms. The van der Waals surface area contributed by atoms with Gasteiger partial charge in [-0.15, -0.1) is 6.58 Å². The second-order valence-corrected chi connectivity index (χ2v) is 2.87. The lowest BCUT2D eigenvalue weighted by atomic mass is 10.1. The van der Waals surface area contributed by atoms with E-state index < -0.39 is 0 Å². The van der Waals surface area contributed by atoms with Crippen molar-refractivity contribution < 1.29 is 4.74 Å². The highest BCUT2D eigenvalue weighted by Crippen LogP contribution is 2.19. The predicted molar refractivity (Wildman–Crippen MR) is 56.4 cm³/mol. The van der Waals surface area contributed by atoms with Crippen LogP contribution in [0.3, 0.4) is 0 Å². The van der Waals surface area contributed by atoms with Crippen molar-refractivity contribution in [2.75, 3.05) is 6.61 Å². The highest BCUT2D eigenvalue weighted by molar-refractivity contribution is 5.32. The van der Waals surface area contributed by atoms with Crippen molar-refractivity contribution in [2.24, 2.45) is 0 Å². The van der Waals surface area contributed by atoms with Crippen LogP contribution in [0.2, 0.25) is 0 Å². The first-order chi connectivity index (χ1) is 6.38. The van der Waals surface area contributed by atoms with Crippen molar-refractivity contribution in [3.63, 3.8) is 0 Å². The smallest absolute Gasteiger partial charge is 0.103 e. The normalized spacial score (nSPS) is 18.5. The number of hydrogen-bond acceptors (Lipinski definition) is 1. The van der Waals surface area contributed by atoms with Gasteiger partial charge in [0.2, 0.25) is 0 Å². The SMILES string of the molecule is C=CCC(OCC)=C1C=CC=CC1. The Morgan fingerprint density at radius 3 is 3.00 bits per heavy atom. The zero-order valence-corrected chi connectivity index (χ0v) is 8.12. The Bertz CT molecular complexity index is 256. The molecule has 0 aliphatic heterocycles. The molecule has 0 fully saturated rings. The van der Waals surface area contributed by atoms with E-state index in [-0.39, 0.29) is 0 Å². The maximum atomic E-state index is 5.55. The van der Waals surface area contributed by atoms with Gasteiger partial charge in [0.05, 0.1) is 6.61 Å². The molecular weight excluding hydrogens is 160 g/mol. The lowest BCUT2D eigenvalue weighted by Gasteiger charge is -2.11. The Hall–Kier alpha value is -1.24. The molecule has 1 aliphatic carbocycles. The average molecular weight is 176 g/mol. The van der Waals surface area contributed by atoms with E-state index in [9.17, 15) is 0 Å². The number of hydrogen-bond donors (Lipinski definition) is 0. The molecule has 0 aromatic heterocycles. The van der Waals surface area contributed by atoms with Gasteiger partial charge in [0, 0.05) is 6.42 Å². The summed E-state index contributed by atoms with van der Waals surface area (Å²) in [5.41, 5.74) is 1.27. The fourth-order valence-electron chi connectivity index (χ4n) is 1.31. The Kier molecular flexibility index (Phi) is 4.10. The minimum absolute atomic E-state index is 0.726. The third-order valence-electron chi connectivity index (χ3n) is 1.89. The van der Waals surface area contributed by atoms with E-state index in [1.165, 1.54) is 5.57 Å². The van der Waals surface area contributed by atoms with Crippen molar-refractivity contribution in [3.05, 3.63) is 48.3 Å². The number of rotatable bonds is 4. The highest BCUT2D eigenvalue weighted by Gasteiger charge is 2.03. The molecule has 0 unspecified atom stereocenters. The Balaban J connectivity index is 2.75. The summed E-state index contributed by atoms with van der Waals surface area (Å²) >= 11 is 0. The van der Waals surface area contributed by atoms with Crippen LogP contribution in [0.5, 0.6) is 0 Å². The van der Waals surface area contributed by atoms with Crippen molar-refractivity contribution in [3.8, 4) is 0 Å². The van der Waals surface area contributed by atoms with Crippen molar-refractivity contribution >= 4 is 0 Å². The molecule has 1 nitrogen and oxygen atoms in total. The molecule has 0 atom stereocenters. The summed E-state index contributed by atoms with van der Waals surface area (Å²) in [4.78, 5) is 0. The number of allylic oxidation sites excluding steroid dienone is 6. The summed E-state index contributed by atoms with van der Waals surface area (Å²) in [6, 6.07) is 0. The molecule has 1 aliphatic rings. The third-order valence-corrected chi connectivity index (χ3v) is 1.89. The first-order valence-electron chi connectivity index (χ1n) is 4.67. The van der Waals surface area contributed by atoms with Gasteiger partial charge in [0.15, 0.2) is 0 Å². The van der Waals surface area contributed by atoms with Gasteiger partial charge in [-0.25, -0.2) is 0 Å². The summed E-state index contributed by atoms with van der Waals surface area (Å²) in [6.45, 7) is 6.45. The predicted octanol–water partition coefficient (Wildman–Crippen LogP) is 3.37. The first-order valence-corrected chi connectivity index (χ1v) is 4.67. The van der Waals surface area contributed by atoms with E-state index in [1.54, 1.807) is 0 Å². The van der Waals surface area contributed by atoms with E-state index in [2.05, 4.69) is 24.8 Å². The second-order valence-electron chi connectivity index (χ2n) is 2.87. The van der Waals surface area contributed by atoms with Crippen LogP contribution in [0.15, 0.2) is 48.3 Å². The maximum Gasteiger partial charge on any atom is 0.103 e. The molecule has 0 bridgehead atoms. The van der Waals surface area contributed by atoms with Crippen LogP contribution < -0.4 is 0 Å². The molecule has 0 saturated heterocycles.